The van der Waals surface area contributed by atoms with Crippen molar-refractivity contribution in [3.8, 4) is 0 Å². The molecule has 33 heavy (non-hydrogen) atoms. The van der Waals surface area contributed by atoms with Crippen molar-refractivity contribution in [2.24, 2.45) is 52.3 Å². The Morgan fingerprint density at radius 1 is 0.879 bits per heavy atom. The summed E-state index contributed by atoms with van der Waals surface area (Å²) in [6.45, 7) is 18.3. The Morgan fingerprint density at radius 3 is 2.36 bits per heavy atom. The number of ether oxygens (including phenoxy) is 1. The summed E-state index contributed by atoms with van der Waals surface area (Å²) >= 11 is 0. The van der Waals surface area contributed by atoms with Crippen molar-refractivity contribution in [3.63, 3.8) is 0 Å². The van der Waals surface area contributed by atoms with E-state index in [9.17, 15) is 0 Å². The minimum Gasteiger partial charge on any atom is -0.378 e. The average molecular weight is 457 g/mol. The van der Waals surface area contributed by atoms with Gasteiger partial charge in [0.2, 0.25) is 0 Å². The molecule has 0 heterocycles. The van der Waals surface area contributed by atoms with Crippen LogP contribution >= 0.6 is 0 Å². The Kier molecular flexibility index (Phi) is 8.09. The first-order valence-corrected chi connectivity index (χ1v) is 15.0. The summed E-state index contributed by atoms with van der Waals surface area (Å²) in [5.74, 6) is 6.35. The standard InChI is InChI=1S/C32H56O/c1-22(2)9-8-10-24(5)28-13-14-29-27-12-11-25-21-26(33-20-17-23(3)4)15-18-31(25,6)30(27)16-19-32(28,29)7/h11,22-24,26-30H,8-10,12-21H2,1-7H3/t24?,26-,27-,28?,29-,30-,31-,32+/m0/s1. The Labute approximate surface area is 206 Å². The molecular weight excluding hydrogens is 400 g/mol. The maximum absolute atomic E-state index is 6.36. The molecular formula is C32H56O. The molecule has 1 heteroatoms. The van der Waals surface area contributed by atoms with Gasteiger partial charge in [0.1, 0.15) is 0 Å². The molecule has 0 saturated heterocycles. The third-order valence-electron chi connectivity index (χ3n) is 11.3. The van der Waals surface area contributed by atoms with Crippen molar-refractivity contribution in [2.45, 2.75) is 132 Å². The van der Waals surface area contributed by atoms with E-state index in [0.29, 0.717) is 16.9 Å². The Balaban J connectivity index is 1.41. The van der Waals surface area contributed by atoms with E-state index in [0.717, 1.165) is 48.0 Å². The summed E-state index contributed by atoms with van der Waals surface area (Å²) in [6.07, 6.45) is 19.9. The Morgan fingerprint density at radius 2 is 1.64 bits per heavy atom. The minimum absolute atomic E-state index is 0.461. The highest BCUT2D eigenvalue weighted by molar-refractivity contribution is 5.25. The lowest BCUT2D eigenvalue weighted by Crippen LogP contribution is -2.51. The van der Waals surface area contributed by atoms with Crippen LogP contribution in [0.5, 0.6) is 0 Å². The molecule has 3 fully saturated rings. The zero-order valence-corrected chi connectivity index (χ0v) is 23.3. The van der Waals surface area contributed by atoms with E-state index < -0.39 is 0 Å². The van der Waals surface area contributed by atoms with Crippen LogP contribution in [0, 0.1) is 52.3 Å². The summed E-state index contributed by atoms with van der Waals surface area (Å²) in [7, 11) is 0. The molecule has 0 spiro atoms. The van der Waals surface area contributed by atoms with Gasteiger partial charge in [0.25, 0.3) is 0 Å². The number of hydrogen-bond donors (Lipinski definition) is 0. The van der Waals surface area contributed by atoms with Crippen LogP contribution in [0.15, 0.2) is 11.6 Å². The molecule has 0 amide bonds. The predicted molar refractivity (Wildman–Crippen MR) is 142 cm³/mol. The highest BCUT2D eigenvalue weighted by Crippen LogP contribution is 2.67. The topological polar surface area (TPSA) is 9.23 Å². The summed E-state index contributed by atoms with van der Waals surface area (Å²) in [6, 6.07) is 0. The Bertz CT molecular complexity index is 676. The minimum atomic E-state index is 0.461. The lowest BCUT2D eigenvalue weighted by molar-refractivity contribution is -0.0644. The second kappa shape index (κ2) is 10.4. The van der Waals surface area contributed by atoms with Crippen LogP contribution in [0.25, 0.3) is 0 Å². The summed E-state index contributed by atoms with van der Waals surface area (Å²) in [4.78, 5) is 0. The molecule has 8 atom stereocenters. The number of rotatable bonds is 9. The molecule has 4 aliphatic carbocycles. The highest BCUT2D eigenvalue weighted by Gasteiger charge is 2.59. The third kappa shape index (κ3) is 5.15. The first-order valence-electron chi connectivity index (χ1n) is 15.0. The van der Waals surface area contributed by atoms with Crippen LogP contribution in [0.2, 0.25) is 0 Å². The first-order chi connectivity index (χ1) is 15.6. The van der Waals surface area contributed by atoms with Crippen molar-refractivity contribution >= 4 is 0 Å². The van der Waals surface area contributed by atoms with Gasteiger partial charge in [-0.05, 0) is 110 Å². The lowest BCUT2D eigenvalue weighted by Gasteiger charge is -2.58. The molecule has 0 N–H and O–H groups in total. The third-order valence-corrected chi connectivity index (χ3v) is 11.3. The van der Waals surface area contributed by atoms with Gasteiger partial charge >= 0.3 is 0 Å². The van der Waals surface area contributed by atoms with Gasteiger partial charge in [-0.2, -0.15) is 0 Å². The van der Waals surface area contributed by atoms with E-state index in [1.807, 2.05) is 0 Å². The second-order valence-corrected chi connectivity index (χ2v) is 14.2. The van der Waals surface area contributed by atoms with Gasteiger partial charge < -0.3 is 4.74 Å². The van der Waals surface area contributed by atoms with E-state index >= 15 is 0 Å². The van der Waals surface area contributed by atoms with Crippen molar-refractivity contribution < 1.29 is 4.74 Å². The van der Waals surface area contributed by atoms with E-state index in [1.165, 1.54) is 77.0 Å². The molecule has 0 aromatic carbocycles. The van der Waals surface area contributed by atoms with Crippen molar-refractivity contribution in [1.82, 2.24) is 0 Å². The maximum Gasteiger partial charge on any atom is 0.0612 e. The van der Waals surface area contributed by atoms with Gasteiger partial charge in [0, 0.05) is 6.61 Å². The van der Waals surface area contributed by atoms with Gasteiger partial charge in [0.05, 0.1) is 6.10 Å². The van der Waals surface area contributed by atoms with Crippen LogP contribution in [0.4, 0.5) is 0 Å². The first kappa shape index (κ1) is 25.8. The van der Waals surface area contributed by atoms with E-state index in [2.05, 4.69) is 54.5 Å². The molecule has 0 radical (unpaired) electrons. The van der Waals surface area contributed by atoms with Gasteiger partial charge in [-0.1, -0.05) is 79.4 Å². The van der Waals surface area contributed by atoms with Crippen molar-refractivity contribution in [2.75, 3.05) is 6.61 Å². The molecule has 0 aromatic heterocycles. The van der Waals surface area contributed by atoms with Gasteiger partial charge in [0.15, 0.2) is 0 Å². The van der Waals surface area contributed by atoms with Crippen molar-refractivity contribution in [3.05, 3.63) is 11.6 Å². The molecule has 2 unspecified atom stereocenters. The van der Waals surface area contributed by atoms with Crippen LogP contribution in [-0.2, 0) is 4.74 Å². The predicted octanol–water partition coefficient (Wildman–Crippen LogP) is 9.46. The second-order valence-electron chi connectivity index (χ2n) is 14.2. The SMILES string of the molecule is CC(C)CCCC(C)C1CC[C@H]2[C@@H]3CC=C4C[C@@H](OCCC(C)C)CC[C@]4(C)[C@H]3CC[C@]12C. The molecule has 4 aliphatic rings. The lowest BCUT2D eigenvalue weighted by atomic mass is 9.47. The molecule has 0 aliphatic heterocycles. The van der Waals surface area contributed by atoms with Crippen LogP contribution in [0.1, 0.15) is 126 Å². The fourth-order valence-corrected chi connectivity index (χ4v) is 9.26. The highest BCUT2D eigenvalue weighted by atomic mass is 16.5. The quantitative estimate of drug-likeness (QED) is 0.314. The molecule has 4 rings (SSSR count). The van der Waals surface area contributed by atoms with Crippen LogP contribution in [0.3, 0.4) is 0 Å². The van der Waals surface area contributed by atoms with Crippen LogP contribution in [-0.4, -0.2) is 12.7 Å². The fraction of sp³-hybridized carbons (Fsp3) is 0.938. The molecule has 3 saturated carbocycles. The van der Waals surface area contributed by atoms with Crippen LogP contribution < -0.4 is 0 Å². The molecule has 0 aromatic rings. The molecule has 190 valence electrons. The smallest absolute Gasteiger partial charge is 0.0612 e. The van der Waals surface area contributed by atoms with E-state index in [1.54, 1.807) is 5.57 Å². The van der Waals surface area contributed by atoms with Gasteiger partial charge in [-0.3, -0.25) is 0 Å². The van der Waals surface area contributed by atoms with E-state index in [4.69, 9.17) is 4.74 Å². The maximum atomic E-state index is 6.36. The zero-order chi connectivity index (χ0) is 23.8. The summed E-state index contributed by atoms with van der Waals surface area (Å²) in [5, 5.41) is 0. The van der Waals surface area contributed by atoms with E-state index in [-0.39, 0.29) is 0 Å². The fourth-order valence-electron chi connectivity index (χ4n) is 9.26. The summed E-state index contributed by atoms with van der Waals surface area (Å²) < 4.78 is 6.36. The zero-order valence-electron chi connectivity index (χ0n) is 23.3. The summed E-state index contributed by atoms with van der Waals surface area (Å²) in [5.41, 5.74) is 2.85. The molecule has 1 nitrogen and oxygen atoms in total. The largest absolute Gasteiger partial charge is 0.378 e. The molecule has 0 bridgehead atoms. The number of hydrogen-bond acceptors (Lipinski definition) is 1. The normalized spacial score (nSPS) is 41.5. The number of fused-ring (bicyclic) bond motifs is 5. The van der Waals surface area contributed by atoms with Crippen molar-refractivity contribution in [1.29, 1.82) is 0 Å². The van der Waals surface area contributed by atoms with Gasteiger partial charge in [-0.15, -0.1) is 0 Å². The average Bonchev–Trinajstić information content (AvgIpc) is 3.10. The number of allylic oxidation sites excluding steroid dienone is 1. The Hall–Kier alpha value is -0.300. The monoisotopic (exact) mass is 456 g/mol. The van der Waals surface area contributed by atoms with Gasteiger partial charge in [-0.25, -0.2) is 0 Å².